The second-order valence-electron chi connectivity index (χ2n) is 9.12. The van der Waals surface area contributed by atoms with Gasteiger partial charge in [0.1, 0.15) is 0 Å². The molecule has 2 atom stereocenters. The summed E-state index contributed by atoms with van der Waals surface area (Å²) >= 11 is 0. The van der Waals surface area contributed by atoms with Crippen LogP contribution < -0.4 is 10.2 Å². The van der Waals surface area contributed by atoms with Crippen molar-refractivity contribution in [1.82, 2.24) is 19.9 Å². The number of piperazine rings is 1. The van der Waals surface area contributed by atoms with Crippen molar-refractivity contribution < 1.29 is 0 Å². The Kier molecular flexibility index (Phi) is 4.56. The van der Waals surface area contributed by atoms with E-state index in [-0.39, 0.29) is 0 Å². The van der Waals surface area contributed by atoms with Crippen LogP contribution in [0.1, 0.15) is 17.5 Å². The third kappa shape index (κ3) is 3.49. The highest BCUT2D eigenvalue weighted by atomic mass is 15.3. The van der Waals surface area contributed by atoms with E-state index in [1.165, 1.54) is 17.7 Å². The van der Waals surface area contributed by atoms with Gasteiger partial charge in [-0.25, -0.2) is 9.97 Å². The van der Waals surface area contributed by atoms with Crippen molar-refractivity contribution in [3.8, 4) is 17.5 Å². The highest BCUT2D eigenvalue weighted by Gasteiger charge is 2.41. The Morgan fingerprint density at radius 3 is 2.76 bits per heavy atom. The van der Waals surface area contributed by atoms with Crippen molar-refractivity contribution >= 4 is 28.2 Å². The molecule has 2 aliphatic rings. The molecule has 2 fully saturated rings. The van der Waals surface area contributed by atoms with Gasteiger partial charge < -0.3 is 15.2 Å². The minimum Gasteiger partial charge on any atom is -0.365 e. The van der Waals surface area contributed by atoms with E-state index in [0.29, 0.717) is 23.6 Å². The predicted molar refractivity (Wildman–Crippen MR) is 131 cm³/mol. The average molecular weight is 436 g/mol. The summed E-state index contributed by atoms with van der Waals surface area (Å²) in [5.41, 5.74) is 6.88. The first-order valence-electron chi connectivity index (χ1n) is 11.3. The van der Waals surface area contributed by atoms with Gasteiger partial charge in [-0.05, 0) is 74.5 Å². The number of nitrogens with one attached hydrogen (secondary N) is 2. The summed E-state index contributed by atoms with van der Waals surface area (Å²) in [5, 5.41) is 13.5. The fraction of sp³-hybridized carbons (Fsp3) is 0.269. The number of fused-ring (bicyclic) bond motifs is 3. The molecule has 4 heterocycles. The average Bonchev–Trinajstić information content (AvgIpc) is 3.52. The standard InChI is InChI=1S/C26H25N7/c1-16-9-19(4-6-25(16)33-15-20-12-21(33)14-32(20)2)29-26-28-8-7-23(31-26)24-11-18-10-17(13-27)3-5-22(18)30-24/h3-11,20-21,30H,12,14-15H2,1-2H3,(H,28,29,31). The minimum absolute atomic E-state index is 0.554. The van der Waals surface area contributed by atoms with Crippen LogP contribution in [-0.4, -0.2) is 52.1 Å². The molecule has 2 aromatic heterocycles. The molecule has 2 saturated heterocycles. The molecule has 2 aliphatic heterocycles. The number of nitrogens with zero attached hydrogens (tertiary/aromatic N) is 5. The molecule has 0 radical (unpaired) electrons. The van der Waals surface area contributed by atoms with Gasteiger partial charge in [-0.2, -0.15) is 5.26 Å². The molecule has 0 amide bonds. The first-order valence-corrected chi connectivity index (χ1v) is 11.3. The van der Waals surface area contributed by atoms with E-state index in [1.807, 2.05) is 30.3 Å². The highest BCUT2D eigenvalue weighted by molar-refractivity contribution is 5.86. The zero-order chi connectivity index (χ0) is 22.5. The third-order valence-corrected chi connectivity index (χ3v) is 6.96. The maximum absolute atomic E-state index is 9.14. The Balaban J connectivity index is 1.23. The van der Waals surface area contributed by atoms with Gasteiger partial charge in [0.25, 0.3) is 0 Å². The molecule has 2 bridgehead atoms. The number of likely N-dealkylation sites (N-methyl/N-ethyl adjacent to an activating group) is 1. The monoisotopic (exact) mass is 435 g/mol. The molecule has 0 saturated carbocycles. The maximum atomic E-state index is 9.14. The van der Waals surface area contributed by atoms with E-state index in [2.05, 4.69) is 63.3 Å². The number of aryl methyl sites for hydroxylation is 1. The molecule has 0 aliphatic carbocycles. The van der Waals surface area contributed by atoms with Crippen molar-refractivity contribution in [1.29, 1.82) is 5.26 Å². The van der Waals surface area contributed by atoms with Gasteiger partial charge in [0, 0.05) is 53.6 Å². The molecule has 2 aromatic carbocycles. The molecular formula is C26H25N7. The van der Waals surface area contributed by atoms with Gasteiger partial charge >= 0.3 is 0 Å². The van der Waals surface area contributed by atoms with Crippen LogP contribution in [0.15, 0.2) is 54.7 Å². The molecule has 2 N–H and O–H groups in total. The number of aromatic nitrogens is 3. The summed E-state index contributed by atoms with van der Waals surface area (Å²) in [6, 6.07) is 19.5. The van der Waals surface area contributed by atoms with Crippen molar-refractivity contribution in [2.24, 2.45) is 0 Å². The van der Waals surface area contributed by atoms with Gasteiger partial charge in [-0.1, -0.05) is 0 Å². The van der Waals surface area contributed by atoms with Crippen molar-refractivity contribution in [2.75, 3.05) is 30.4 Å². The van der Waals surface area contributed by atoms with Crippen LogP contribution in [0.4, 0.5) is 17.3 Å². The zero-order valence-electron chi connectivity index (χ0n) is 18.7. The molecule has 4 aromatic rings. The fourth-order valence-electron chi connectivity index (χ4n) is 5.25. The summed E-state index contributed by atoms with van der Waals surface area (Å²) in [6.07, 6.45) is 3.03. The number of nitriles is 1. The van der Waals surface area contributed by atoms with E-state index >= 15 is 0 Å². The van der Waals surface area contributed by atoms with E-state index in [4.69, 9.17) is 10.2 Å². The van der Waals surface area contributed by atoms with Gasteiger partial charge in [0.2, 0.25) is 5.95 Å². The Morgan fingerprint density at radius 1 is 1.09 bits per heavy atom. The van der Waals surface area contributed by atoms with Crippen molar-refractivity contribution in [3.05, 3.63) is 65.9 Å². The highest BCUT2D eigenvalue weighted by Crippen LogP contribution is 2.36. The Bertz CT molecular complexity index is 1400. The predicted octanol–water partition coefficient (Wildman–Crippen LogP) is 4.44. The molecule has 6 rings (SSSR count). The first kappa shape index (κ1) is 19.8. The molecule has 7 heteroatoms. The number of hydrogen-bond donors (Lipinski definition) is 2. The number of likely N-dealkylation sites (tertiary alicyclic amines) is 1. The molecule has 0 spiro atoms. The van der Waals surface area contributed by atoms with Crippen LogP contribution in [0.5, 0.6) is 0 Å². The lowest BCUT2D eigenvalue weighted by Gasteiger charge is -2.34. The number of benzene rings is 2. The van der Waals surface area contributed by atoms with Gasteiger partial charge in [-0.3, -0.25) is 4.90 Å². The van der Waals surface area contributed by atoms with E-state index in [1.54, 1.807) is 6.20 Å². The van der Waals surface area contributed by atoms with Crippen LogP contribution in [0, 0.1) is 18.3 Å². The SMILES string of the molecule is Cc1cc(Nc2nccc(-c3cc4cc(C#N)ccc4[nH]3)n2)ccc1N1CC2CC1CN2C. The van der Waals surface area contributed by atoms with E-state index in [9.17, 15) is 0 Å². The molecular weight excluding hydrogens is 410 g/mol. The number of anilines is 3. The molecule has 33 heavy (non-hydrogen) atoms. The number of H-pyrrole nitrogens is 1. The number of hydrogen-bond acceptors (Lipinski definition) is 6. The van der Waals surface area contributed by atoms with Crippen molar-refractivity contribution in [2.45, 2.75) is 25.4 Å². The van der Waals surface area contributed by atoms with Crippen LogP contribution in [0.25, 0.3) is 22.3 Å². The lowest BCUT2D eigenvalue weighted by atomic mass is 10.1. The van der Waals surface area contributed by atoms with Gasteiger partial charge in [-0.15, -0.1) is 0 Å². The summed E-state index contributed by atoms with van der Waals surface area (Å²) in [5.74, 6) is 0.554. The second-order valence-corrected chi connectivity index (χ2v) is 9.12. The summed E-state index contributed by atoms with van der Waals surface area (Å²) in [6.45, 7) is 4.43. The fourth-order valence-corrected chi connectivity index (χ4v) is 5.25. The topological polar surface area (TPSA) is 83.9 Å². The lowest BCUT2D eigenvalue weighted by Crippen LogP contribution is -2.44. The van der Waals surface area contributed by atoms with Crippen LogP contribution in [0.3, 0.4) is 0 Å². The second kappa shape index (κ2) is 7.61. The van der Waals surface area contributed by atoms with Gasteiger partial charge in [0.05, 0.1) is 23.0 Å². The maximum Gasteiger partial charge on any atom is 0.227 e. The lowest BCUT2D eigenvalue weighted by molar-refractivity contribution is 0.292. The zero-order valence-corrected chi connectivity index (χ0v) is 18.7. The van der Waals surface area contributed by atoms with Crippen LogP contribution in [-0.2, 0) is 0 Å². The summed E-state index contributed by atoms with van der Waals surface area (Å²) < 4.78 is 0. The summed E-state index contributed by atoms with van der Waals surface area (Å²) in [4.78, 5) is 17.6. The van der Waals surface area contributed by atoms with E-state index < -0.39 is 0 Å². The largest absolute Gasteiger partial charge is 0.365 e. The number of rotatable bonds is 4. The Morgan fingerprint density at radius 2 is 2.00 bits per heavy atom. The normalized spacial score (nSPS) is 19.8. The molecule has 2 unspecified atom stereocenters. The Hall–Kier alpha value is -3.89. The minimum atomic E-state index is 0.554. The third-order valence-electron chi connectivity index (χ3n) is 6.96. The number of aromatic amines is 1. The Labute approximate surface area is 192 Å². The summed E-state index contributed by atoms with van der Waals surface area (Å²) in [7, 11) is 2.23. The van der Waals surface area contributed by atoms with Crippen molar-refractivity contribution in [3.63, 3.8) is 0 Å². The van der Waals surface area contributed by atoms with Crippen LogP contribution >= 0.6 is 0 Å². The smallest absolute Gasteiger partial charge is 0.227 e. The van der Waals surface area contributed by atoms with Gasteiger partial charge in [0.15, 0.2) is 0 Å². The first-order chi connectivity index (χ1) is 16.1. The molecule has 164 valence electrons. The molecule has 7 nitrogen and oxygen atoms in total. The quantitative estimate of drug-likeness (QED) is 0.493. The van der Waals surface area contributed by atoms with E-state index in [0.717, 1.165) is 41.1 Å². The van der Waals surface area contributed by atoms with Crippen LogP contribution in [0.2, 0.25) is 0 Å².